The molecule has 0 unspecified atom stereocenters. The van der Waals surface area contributed by atoms with Crippen LogP contribution in [-0.2, 0) is 13.1 Å². The average Bonchev–Trinajstić information content (AvgIpc) is 4.11. The number of carboxylic acid groups (broad SMARTS) is 1. The normalized spacial score (nSPS) is 13.9. The number of thiazole rings is 2. The maximum Gasteiger partial charge on any atom is 0.335 e. The molecule has 0 aliphatic carbocycles. The molecule has 2 fully saturated rings. The highest BCUT2D eigenvalue weighted by Gasteiger charge is 2.21. The number of nitrogens with zero attached hydrogens (tertiary/aromatic N) is 6. The smallest absolute Gasteiger partial charge is 0.335 e. The Morgan fingerprint density at radius 1 is 0.613 bits per heavy atom. The van der Waals surface area contributed by atoms with Crippen molar-refractivity contribution in [3.8, 4) is 0 Å². The fourth-order valence-corrected chi connectivity index (χ4v) is 9.32. The van der Waals surface area contributed by atoms with Crippen LogP contribution in [0.2, 0.25) is 0 Å². The zero-order valence-corrected chi connectivity index (χ0v) is 38.2. The Bertz CT molecular complexity index is 2550. The number of hydrogen-bond acceptors (Lipinski definition) is 11. The summed E-state index contributed by atoms with van der Waals surface area (Å²) in [6, 6.07) is 16.8. The van der Waals surface area contributed by atoms with E-state index in [4.69, 9.17) is 15.1 Å². The highest BCUT2D eigenvalue weighted by atomic mass is 127. The SMILES string of the molecule is CC(=O)c1cc(C(=O)Nc2ccc(C(=O)O)cc2)n(Cc2csc(N3CCCCC3)n2)c1.CC(=O)c1cc(C(=O)Nc2ccc(I)cc2)n(Cc2csc(N3CCCCC3)n2)c1. The van der Waals surface area contributed by atoms with Crippen LogP contribution in [0.25, 0.3) is 0 Å². The summed E-state index contributed by atoms with van der Waals surface area (Å²) in [4.78, 5) is 74.9. The lowest BCUT2D eigenvalue weighted by Gasteiger charge is -2.25. The molecule has 6 aromatic rings. The minimum Gasteiger partial charge on any atom is -0.478 e. The summed E-state index contributed by atoms with van der Waals surface area (Å²) in [5.74, 6) is -1.85. The second-order valence-electron chi connectivity index (χ2n) is 15.2. The van der Waals surface area contributed by atoms with E-state index in [0.29, 0.717) is 41.3 Å². The number of rotatable bonds is 13. The first-order chi connectivity index (χ1) is 29.9. The number of halogens is 1. The van der Waals surface area contributed by atoms with Crippen molar-refractivity contribution < 1.29 is 29.1 Å². The van der Waals surface area contributed by atoms with Crippen LogP contribution in [0, 0.1) is 3.57 Å². The van der Waals surface area contributed by atoms with E-state index in [1.165, 1.54) is 76.6 Å². The molecule has 17 heteroatoms. The average molecular weight is 987 g/mol. The van der Waals surface area contributed by atoms with Crippen LogP contribution in [0.3, 0.4) is 0 Å². The van der Waals surface area contributed by atoms with Gasteiger partial charge in [0.1, 0.15) is 11.4 Å². The first kappa shape index (κ1) is 44.4. The lowest BCUT2D eigenvalue weighted by atomic mass is 10.1. The van der Waals surface area contributed by atoms with Gasteiger partial charge >= 0.3 is 5.97 Å². The molecule has 0 spiro atoms. The lowest BCUT2D eigenvalue weighted by Crippen LogP contribution is -2.29. The van der Waals surface area contributed by atoms with Crippen LogP contribution in [-0.4, -0.2) is 79.7 Å². The third kappa shape index (κ3) is 11.4. The third-order valence-corrected chi connectivity index (χ3v) is 13.2. The van der Waals surface area contributed by atoms with Crippen LogP contribution in [0.1, 0.15) is 116 Å². The molecular formula is C45H47IN8O6S2. The van der Waals surface area contributed by atoms with Crippen LogP contribution in [0.15, 0.2) is 83.8 Å². The summed E-state index contributed by atoms with van der Waals surface area (Å²) in [5.41, 5.74) is 4.82. The number of nitrogens with one attached hydrogen (secondary N) is 2. The van der Waals surface area contributed by atoms with Gasteiger partial charge in [0.05, 0.1) is 30.0 Å². The molecular weight excluding hydrogens is 940 g/mol. The molecule has 0 saturated carbocycles. The number of Topliss-reactive ketones (excluding diaryl/α,β-unsaturated/α-hetero) is 2. The van der Waals surface area contributed by atoms with Crippen molar-refractivity contribution >= 4 is 96.3 Å². The largest absolute Gasteiger partial charge is 0.478 e. The van der Waals surface area contributed by atoms with E-state index in [1.54, 1.807) is 51.8 Å². The topological polar surface area (TPSA) is 172 Å². The van der Waals surface area contributed by atoms with Gasteiger partial charge in [0.2, 0.25) is 0 Å². The Morgan fingerprint density at radius 2 is 1.02 bits per heavy atom. The lowest BCUT2D eigenvalue weighted by molar-refractivity contribution is 0.0696. The van der Waals surface area contributed by atoms with Gasteiger partial charge in [-0.3, -0.25) is 19.2 Å². The zero-order valence-electron chi connectivity index (χ0n) is 34.4. The van der Waals surface area contributed by atoms with E-state index < -0.39 is 5.97 Å². The van der Waals surface area contributed by atoms with Crippen molar-refractivity contribution in [1.29, 1.82) is 0 Å². The number of benzene rings is 2. The van der Waals surface area contributed by atoms with Gasteiger partial charge < -0.3 is 34.7 Å². The Balaban J connectivity index is 0.000000187. The van der Waals surface area contributed by atoms with Crippen molar-refractivity contribution in [2.45, 2.75) is 65.5 Å². The Labute approximate surface area is 381 Å². The Morgan fingerprint density at radius 3 is 1.40 bits per heavy atom. The molecule has 3 N–H and O–H groups in total. The van der Waals surface area contributed by atoms with Crippen LogP contribution >= 0.6 is 45.3 Å². The quantitative estimate of drug-likeness (QED) is 0.0749. The van der Waals surface area contributed by atoms with E-state index in [-0.39, 0.29) is 28.9 Å². The van der Waals surface area contributed by atoms with Gasteiger partial charge in [-0.2, -0.15) is 0 Å². The number of anilines is 4. The Kier molecular flexibility index (Phi) is 14.7. The summed E-state index contributed by atoms with van der Waals surface area (Å²) in [6.45, 7) is 7.92. The first-order valence-electron chi connectivity index (χ1n) is 20.4. The summed E-state index contributed by atoms with van der Waals surface area (Å²) in [7, 11) is 0. The summed E-state index contributed by atoms with van der Waals surface area (Å²) in [5, 5.41) is 20.8. The van der Waals surface area contributed by atoms with Gasteiger partial charge in [-0.1, -0.05) is 0 Å². The number of carbonyl (C=O) groups is 5. The minimum absolute atomic E-state index is 0.0654. The highest BCUT2D eigenvalue weighted by molar-refractivity contribution is 14.1. The van der Waals surface area contributed by atoms with Crippen LogP contribution in [0.4, 0.5) is 21.6 Å². The fraction of sp³-hybridized carbons (Fsp3) is 0.311. The summed E-state index contributed by atoms with van der Waals surface area (Å²) >= 11 is 5.46. The van der Waals surface area contributed by atoms with Crippen molar-refractivity contribution in [1.82, 2.24) is 19.1 Å². The number of piperidine rings is 2. The molecule has 2 aliphatic rings. The molecule has 62 heavy (non-hydrogen) atoms. The molecule has 6 heterocycles. The molecule has 0 atom stereocenters. The fourth-order valence-electron chi connectivity index (χ4n) is 7.22. The molecule has 2 aromatic carbocycles. The number of amides is 2. The highest BCUT2D eigenvalue weighted by Crippen LogP contribution is 2.27. The van der Waals surface area contributed by atoms with E-state index >= 15 is 0 Å². The second-order valence-corrected chi connectivity index (χ2v) is 18.2. The molecule has 2 aliphatic heterocycles. The van der Waals surface area contributed by atoms with Crippen molar-refractivity contribution in [3.63, 3.8) is 0 Å². The van der Waals surface area contributed by atoms with Gasteiger partial charge in [0.25, 0.3) is 11.8 Å². The molecule has 14 nitrogen and oxygen atoms in total. The maximum atomic E-state index is 12.9. The molecule has 4 aromatic heterocycles. The van der Waals surface area contributed by atoms with E-state index in [1.807, 2.05) is 39.6 Å². The molecule has 0 bridgehead atoms. The first-order valence-corrected chi connectivity index (χ1v) is 23.3. The molecule has 2 amide bonds. The molecule has 2 saturated heterocycles. The van der Waals surface area contributed by atoms with Crippen LogP contribution in [0.5, 0.6) is 0 Å². The molecule has 0 radical (unpaired) electrons. The van der Waals surface area contributed by atoms with E-state index in [2.05, 4.69) is 43.0 Å². The summed E-state index contributed by atoms with van der Waals surface area (Å²) < 4.78 is 4.64. The maximum absolute atomic E-state index is 12.9. The van der Waals surface area contributed by atoms with Gasteiger partial charge in [0.15, 0.2) is 21.8 Å². The van der Waals surface area contributed by atoms with Gasteiger partial charge in [0, 0.05) is 75.4 Å². The van der Waals surface area contributed by atoms with E-state index in [9.17, 15) is 24.0 Å². The van der Waals surface area contributed by atoms with Crippen molar-refractivity contribution in [3.05, 3.63) is 127 Å². The number of ketones is 2. The zero-order chi connectivity index (χ0) is 43.8. The van der Waals surface area contributed by atoms with Gasteiger partial charge in [-0.25, -0.2) is 14.8 Å². The monoisotopic (exact) mass is 986 g/mol. The predicted molar refractivity (Wildman–Crippen MR) is 252 cm³/mol. The molecule has 8 rings (SSSR count). The number of carbonyl (C=O) groups excluding carboxylic acids is 4. The van der Waals surface area contributed by atoms with Gasteiger partial charge in [-0.05, 0) is 136 Å². The number of aromatic carboxylic acids is 1. The standard InChI is InChI=1S/C23H24N4O4S.C22H23IN4O2S/c1-15(28)17-11-20(21(29)24-18-7-5-16(6-8-18)22(30)31)27(12-17)13-19-14-32-23(25-19)26-9-3-2-4-10-26;1-15(28)16-11-20(21(29)24-18-7-5-17(23)6-8-18)27(12-16)13-19-14-30-22(25-19)26-9-3-2-4-10-26/h5-8,11-12,14H,2-4,9-10,13H2,1H3,(H,24,29)(H,30,31);5-8,11-12,14H,2-4,9-10,13H2,1H3,(H,24,29). The number of hydrogen-bond donors (Lipinski definition) is 3. The van der Waals surface area contributed by atoms with Crippen LogP contribution < -0.4 is 20.4 Å². The second kappa shape index (κ2) is 20.5. The molecule has 322 valence electrons. The summed E-state index contributed by atoms with van der Waals surface area (Å²) in [6.07, 6.45) is 10.7. The van der Waals surface area contributed by atoms with E-state index in [0.717, 1.165) is 57.1 Å². The minimum atomic E-state index is -1.03. The van der Waals surface area contributed by atoms with Crippen molar-refractivity contribution in [2.75, 3.05) is 46.6 Å². The number of carboxylic acids is 1. The Hall–Kier alpha value is -5.66. The predicted octanol–water partition coefficient (Wildman–Crippen LogP) is 9.18. The van der Waals surface area contributed by atoms with Crippen molar-refractivity contribution in [2.24, 2.45) is 0 Å². The van der Waals surface area contributed by atoms with Gasteiger partial charge in [-0.15, -0.1) is 22.7 Å². The third-order valence-electron chi connectivity index (χ3n) is 10.6. The number of aromatic nitrogens is 4.